The Hall–Kier alpha value is -3.79. The quantitative estimate of drug-likeness (QED) is 0.408. The van der Waals surface area contributed by atoms with Crippen LogP contribution < -0.4 is 15.0 Å². The molecular weight excluding hydrogens is 382 g/mol. The van der Waals surface area contributed by atoms with Crippen LogP contribution in [0.3, 0.4) is 0 Å². The summed E-state index contributed by atoms with van der Waals surface area (Å²) in [4.78, 5) is 26.6. The number of amides is 1. The summed E-state index contributed by atoms with van der Waals surface area (Å²) in [6, 6.07) is 16.0. The summed E-state index contributed by atoms with van der Waals surface area (Å²) >= 11 is 0. The van der Waals surface area contributed by atoms with Gasteiger partial charge in [-0.15, -0.1) is 0 Å². The Morgan fingerprint density at radius 2 is 1.77 bits per heavy atom. The first-order chi connectivity index (χ1) is 14.3. The first-order valence-electron chi connectivity index (χ1n) is 9.48. The summed E-state index contributed by atoms with van der Waals surface area (Å²) in [5.74, 6) is -0.666. The van der Waals surface area contributed by atoms with E-state index in [4.69, 9.17) is 9.47 Å². The Kier molecular flexibility index (Phi) is 8.00. The minimum atomic E-state index is -1.07. The van der Waals surface area contributed by atoms with Gasteiger partial charge in [0.25, 0.3) is 5.91 Å². The first-order valence-corrected chi connectivity index (χ1v) is 9.48. The maximum absolute atomic E-state index is 12.3. The van der Waals surface area contributed by atoms with Crippen LogP contribution in [0.1, 0.15) is 19.4 Å². The molecule has 1 atom stereocenters. The summed E-state index contributed by atoms with van der Waals surface area (Å²) in [6.45, 7) is 3.88. The Balaban J connectivity index is 1.99. The molecule has 0 aliphatic heterocycles. The van der Waals surface area contributed by atoms with Gasteiger partial charge in [0.15, 0.2) is 6.10 Å². The van der Waals surface area contributed by atoms with Crippen molar-refractivity contribution in [3.63, 3.8) is 0 Å². The molecule has 156 valence electrons. The molecule has 7 nitrogen and oxygen atoms in total. The number of nitrogens with one attached hydrogen (secondary N) is 1. The Bertz CT molecular complexity index is 942. The lowest BCUT2D eigenvalue weighted by atomic mass is 10.1. The smallest absolute Gasteiger partial charge is 0.349 e. The summed E-state index contributed by atoms with van der Waals surface area (Å²) < 4.78 is 10.5. The van der Waals surface area contributed by atoms with E-state index in [0.29, 0.717) is 23.6 Å². The van der Waals surface area contributed by atoms with Gasteiger partial charge < -0.3 is 19.7 Å². The number of ether oxygens (including phenoxy) is 2. The maximum atomic E-state index is 12.3. The molecule has 0 saturated carbocycles. The fourth-order valence-corrected chi connectivity index (χ4v) is 2.49. The highest BCUT2D eigenvalue weighted by Gasteiger charge is 2.20. The van der Waals surface area contributed by atoms with Crippen LogP contribution in [0.5, 0.6) is 5.75 Å². The molecule has 0 aromatic heterocycles. The van der Waals surface area contributed by atoms with Gasteiger partial charge in [0, 0.05) is 25.5 Å². The Morgan fingerprint density at radius 3 is 2.30 bits per heavy atom. The molecule has 0 spiro atoms. The van der Waals surface area contributed by atoms with E-state index in [2.05, 4.69) is 5.32 Å². The number of rotatable bonds is 8. The van der Waals surface area contributed by atoms with Crippen LogP contribution in [0.15, 0.2) is 54.1 Å². The average Bonchev–Trinajstić information content (AvgIpc) is 2.73. The van der Waals surface area contributed by atoms with Crippen molar-refractivity contribution in [2.75, 3.05) is 30.9 Å². The molecule has 1 amide bonds. The average molecular weight is 407 g/mol. The van der Waals surface area contributed by atoms with E-state index in [1.807, 2.05) is 44.1 Å². The topological polar surface area (TPSA) is 91.7 Å². The SMILES string of the molecule is CCOc1ccc(NC(=O)[C@@H](C)OC(=O)/C(C#N)=C/c2ccc(N(C)C)cc2)cc1. The summed E-state index contributed by atoms with van der Waals surface area (Å²) in [7, 11) is 3.84. The van der Waals surface area contributed by atoms with Crippen LogP contribution in [0, 0.1) is 11.3 Å². The zero-order chi connectivity index (χ0) is 22.1. The summed E-state index contributed by atoms with van der Waals surface area (Å²) in [5.41, 5.74) is 2.03. The number of hydrogen-bond acceptors (Lipinski definition) is 6. The monoisotopic (exact) mass is 407 g/mol. The number of carbonyl (C=O) groups is 2. The number of nitriles is 1. The molecule has 0 bridgehead atoms. The lowest BCUT2D eigenvalue weighted by molar-refractivity contribution is -0.148. The number of hydrogen-bond donors (Lipinski definition) is 1. The van der Waals surface area contributed by atoms with Crippen LogP contribution in [-0.2, 0) is 14.3 Å². The highest BCUT2D eigenvalue weighted by molar-refractivity contribution is 6.01. The van der Waals surface area contributed by atoms with Gasteiger partial charge in [-0.1, -0.05) is 12.1 Å². The molecular formula is C23H25N3O4. The van der Waals surface area contributed by atoms with Crippen LogP contribution >= 0.6 is 0 Å². The molecule has 0 fully saturated rings. The molecule has 0 heterocycles. The van der Waals surface area contributed by atoms with Crippen molar-refractivity contribution in [3.8, 4) is 11.8 Å². The van der Waals surface area contributed by atoms with Crippen LogP contribution in [0.25, 0.3) is 6.08 Å². The minimum Gasteiger partial charge on any atom is -0.494 e. The normalized spacial score (nSPS) is 11.8. The van der Waals surface area contributed by atoms with E-state index in [-0.39, 0.29) is 5.57 Å². The van der Waals surface area contributed by atoms with Gasteiger partial charge in [-0.2, -0.15) is 5.26 Å². The van der Waals surface area contributed by atoms with Crippen molar-refractivity contribution in [1.82, 2.24) is 0 Å². The number of benzene rings is 2. The molecule has 1 N–H and O–H groups in total. The van der Waals surface area contributed by atoms with Gasteiger partial charge in [-0.3, -0.25) is 4.79 Å². The molecule has 0 aliphatic carbocycles. The van der Waals surface area contributed by atoms with Crippen molar-refractivity contribution in [3.05, 3.63) is 59.7 Å². The van der Waals surface area contributed by atoms with Gasteiger partial charge in [-0.25, -0.2) is 4.79 Å². The lowest BCUT2D eigenvalue weighted by Crippen LogP contribution is -2.30. The third-order valence-electron chi connectivity index (χ3n) is 4.15. The molecule has 0 radical (unpaired) electrons. The molecule has 2 rings (SSSR count). The van der Waals surface area contributed by atoms with E-state index in [1.54, 1.807) is 36.4 Å². The minimum absolute atomic E-state index is 0.187. The zero-order valence-corrected chi connectivity index (χ0v) is 17.5. The summed E-state index contributed by atoms with van der Waals surface area (Å²) in [6.07, 6.45) is 0.357. The number of carbonyl (C=O) groups excluding carboxylic acids is 2. The van der Waals surface area contributed by atoms with E-state index < -0.39 is 18.0 Å². The molecule has 2 aromatic carbocycles. The second kappa shape index (κ2) is 10.7. The van der Waals surface area contributed by atoms with E-state index in [9.17, 15) is 14.9 Å². The molecule has 0 unspecified atom stereocenters. The van der Waals surface area contributed by atoms with Gasteiger partial charge in [-0.05, 0) is 61.9 Å². The van der Waals surface area contributed by atoms with Crippen LogP contribution in [0.4, 0.5) is 11.4 Å². The lowest BCUT2D eigenvalue weighted by Gasteiger charge is -2.14. The van der Waals surface area contributed by atoms with Crippen molar-refractivity contribution in [1.29, 1.82) is 5.26 Å². The second-order valence-electron chi connectivity index (χ2n) is 6.65. The Morgan fingerprint density at radius 1 is 1.13 bits per heavy atom. The maximum Gasteiger partial charge on any atom is 0.349 e. The van der Waals surface area contributed by atoms with Crippen molar-refractivity contribution < 1.29 is 19.1 Å². The van der Waals surface area contributed by atoms with Crippen molar-refractivity contribution >= 4 is 29.3 Å². The summed E-state index contributed by atoms with van der Waals surface area (Å²) in [5, 5.41) is 12.0. The predicted octanol–water partition coefficient (Wildman–Crippen LogP) is 3.63. The van der Waals surface area contributed by atoms with E-state index in [1.165, 1.54) is 13.0 Å². The molecule has 30 heavy (non-hydrogen) atoms. The molecule has 0 saturated heterocycles. The number of anilines is 2. The molecule has 0 aliphatic rings. The highest BCUT2D eigenvalue weighted by atomic mass is 16.5. The number of nitrogens with zero attached hydrogens (tertiary/aromatic N) is 2. The second-order valence-corrected chi connectivity index (χ2v) is 6.65. The van der Waals surface area contributed by atoms with Gasteiger partial charge in [0.1, 0.15) is 17.4 Å². The highest BCUT2D eigenvalue weighted by Crippen LogP contribution is 2.17. The van der Waals surface area contributed by atoms with Gasteiger partial charge in [0.05, 0.1) is 6.61 Å². The zero-order valence-electron chi connectivity index (χ0n) is 17.5. The predicted molar refractivity (Wildman–Crippen MR) is 116 cm³/mol. The van der Waals surface area contributed by atoms with Crippen molar-refractivity contribution in [2.45, 2.75) is 20.0 Å². The van der Waals surface area contributed by atoms with Crippen LogP contribution in [-0.4, -0.2) is 38.7 Å². The number of esters is 1. The van der Waals surface area contributed by atoms with Gasteiger partial charge in [0.2, 0.25) is 0 Å². The molecule has 7 heteroatoms. The fraction of sp³-hybridized carbons (Fsp3) is 0.261. The standard InChI is InChI=1S/C23H25N3O4/c1-5-29-21-12-8-19(9-13-21)25-22(27)16(2)30-23(28)18(15-24)14-17-6-10-20(11-7-17)26(3)4/h6-14,16H,5H2,1-4H3,(H,25,27)/b18-14+/t16-/m1/s1. The first kappa shape index (κ1) is 22.5. The third kappa shape index (κ3) is 6.38. The van der Waals surface area contributed by atoms with E-state index in [0.717, 1.165) is 5.69 Å². The fourth-order valence-electron chi connectivity index (χ4n) is 2.49. The largest absolute Gasteiger partial charge is 0.494 e. The van der Waals surface area contributed by atoms with Gasteiger partial charge >= 0.3 is 5.97 Å². The van der Waals surface area contributed by atoms with Crippen molar-refractivity contribution in [2.24, 2.45) is 0 Å². The van der Waals surface area contributed by atoms with Crippen LogP contribution in [0.2, 0.25) is 0 Å². The molecule has 2 aromatic rings. The third-order valence-corrected chi connectivity index (χ3v) is 4.15. The van der Waals surface area contributed by atoms with E-state index >= 15 is 0 Å². The Labute approximate surface area is 176 Å².